The van der Waals surface area contributed by atoms with Crippen molar-refractivity contribution in [1.29, 1.82) is 0 Å². The van der Waals surface area contributed by atoms with Crippen molar-refractivity contribution in [2.75, 3.05) is 10.6 Å². The second-order valence-electron chi connectivity index (χ2n) is 6.63. The van der Waals surface area contributed by atoms with Gasteiger partial charge in [0.1, 0.15) is 0 Å². The minimum atomic E-state index is -4.48. The van der Waals surface area contributed by atoms with Gasteiger partial charge < -0.3 is 10.6 Å². The third-order valence-electron chi connectivity index (χ3n) is 4.55. The number of carbonyl (C=O) groups is 1. The van der Waals surface area contributed by atoms with Gasteiger partial charge in [-0.2, -0.15) is 18.3 Å². The van der Waals surface area contributed by atoms with Crippen LogP contribution in [0.1, 0.15) is 5.56 Å². The van der Waals surface area contributed by atoms with Gasteiger partial charge in [0.05, 0.1) is 23.5 Å². The average Bonchev–Trinajstić information content (AvgIpc) is 3.09. The largest absolute Gasteiger partial charge is 0.416 e. The van der Waals surface area contributed by atoms with Crippen LogP contribution in [-0.2, 0) is 13.2 Å². The molecule has 2 aromatic carbocycles. The van der Waals surface area contributed by atoms with Crippen LogP contribution < -0.4 is 10.6 Å². The second kappa shape index (κ2) is 7.51. The molecule has 0 aliphatic carbocycles. The van der Waals surface area contributed by atoms with Crippen molar-refractivity contribution < 1.29 is 18.0 Å². The Hall–Kier alpha value is -3.88. The molecule has 2 aromatic heterocycles. The lowest BCUT2D eigenvalue weighted by Gasteiger charge is -2.11. The number of pyridine rings is 1. The predicted octanol–water partition coefficient (Wildman–Crippen LogP) is 5.30. The summed E-state index contributed by atoms with van der Waals surface area (Å²) in [7, 11) is 1.82. The van der Waals surface area contributed by atoms with E-state index in [-0.39, 0.29) is 5.69 Å². The zero-order valence-electron chi connectivity index (χ0n) is 15.7. The van der Waals surface area contributed by atoms with E-state index in [1.54, 1.807) is 41.5 Å². The van der Waals surface area contributed by atoms with Crippen LogP contribution in [0.15, 0.2) is 67.1 Å². The Morgan fingerprint density at radius 1 is 0.967 bits per heavy atom. The van der Waals surface area contributed by atoms with Crippen molar-refractivity contribution in [3.8, 4) is 11.1 Å². The molecule has 0 aliphatic rings. The minimum absolute atomic E-state index is 0.0443. The molecule has 2 amide bonds. The van der Waals surface area contributed by atoms with E-state index >= 15 is 0 Å². The Balaban J connectivity index is 1.54. The van der Waals surface area contributed by atoms with Gasteiger partial charge in [0.25, 0.3) is 0 Å². The second-order valence-corrected chi connectivity index (χ2v) is 6.63. The first kappa shape index (κ1) is 19.4. The summed E-state index contributed by atoms with van der Waals surface area (Å²) in [5.74, 6) is 0. The monoisotopic (exact) mass is 411 g/mol. The summed E-state index contributed by atoms with van der Waals surface area (Å²) in [5.41, 5.74) is 2.23. The number of amides is 2. The number of hydrogen-bond donors (Lipinski definition) is 2. The summed E-state index contributed by atoms with van der Waals surface area (Å²) in [4.78, 5) is 16.5. The van der Waals surface area contributed by atoms with Crippen molar-refractivity contribution in [3.63, 3.8) is 0 Å². The number of urea groups is 1. The molecule has 0 unspecified atom stereocenters. The van der Waals surface area contributed by atoms with Gasteiger partial charge in [-0.05, 0) is 35.9 Å². The highest BCUT2D eigenvalue weighted by Crippen LogP contribution is 2.31. The Bertz CT molecular complexity index is 1230. The van der Waals surface area contributed by atoms with E-state index in [0.29, 0.717) is 5.69 Å². The lowest BCUT2D eigenvalue weighted by molar-refractivity contribution is -0.137. The molecule has 0 spiro atoms. The molecule has 0 bridgehead atoms. The van der Waals surface area contributed by atoms with Gasteiger partial charge in [0, 0.05) is 35.6 Å². The van der Waals surface area contributed by atoms with Gasteiger partial charge in [0.15, 0.2) is 0 Å². The molecule has 0 aliphatic heterocycles. The van der Waals surface area contributed by atoms with Crippen LogP contribution in [0.2, 0.25) is 0 Å². The molecule has 0 saturated carbocycles. The first-order chi connectivity index (χ1) is 14.3. The van der Waals surface area contributed by atoms with Crippen LogP contribution in [0.25, 0.3) is 22.0 Å². The number of hydrogen-bond acceptors (Lipinski definition) is 3. The number of nitrogens with one attached hydrogen (secondary N) is 2. The van der Waals surface area contributed by atoms with Gasteiger partial charge in [0.2, 0.25) is 0 Å². The third kappa shape index (κ3) is 3.95. The molecule has 4 rings (SSSR count). The number of anilines is 2. The molecule has 2 heterocycles. The first-order valence-electron chi connectivity index (χ1n) is 8.93. The molecule has 0 radical (unpaired) electrons. The maximum absolute atomic E-state index is 12.8. The molecular weight excluding hydrogens is 395 g/mol. The lowest BCUT2D eigenvalue weighted by Crippen LogP contribution is -2.19. The molecule has 152 valence electrons. The van der Waals surface area contributed by atoms with Crippen LogP contribution >= 0.6 is 0 Å². The fourth-order valence-electron chi connectivity index (χ4n) is 3.12. The molecule has 0 saturated heterocycles. The quantitative estimate of drug-likeness (QED) is 0.481. The summed E-state index contributed by atoms with van der Waals surface area (Å²) < 4.78 is 40.2. The van der Waals surface area contributed by atoms with Crippen molar-refractivity contribution in [2.45, 2.75) is 6.18 Å². The van der Waals surface area contributed by atoms with E-state index in [1.165, 1.54) is 12.1 Å². The number of benzene rings is 2. The number of nitrogens with zero attached hydrogens (tertiary/aromatic N) is 3. The van der Waals surface area contributed by atoms with Crippen molar-refractivity contribution in [2.24, 2.45) is 7.05 Å². The number of rotatable bonds is 3. The summed E-state index contributed by atoms with van der Waals surface area (Å²) >= 11 is 0. The molecular formula is C21H16F3N5O. The normalized spacial score (nSPS) is 11.5. The van der Waals surface area contributed by atoms with E-state index in [0.717, 1.165) is 34.2 Å². The highest BCUT2D eigenvalue weighted by Gasteiger charge is 2.30. The van der Waals surface area contributed by atoms with E-state index < -0.39 is 17.8 Å². The SMILES string of the molecule is Cn1ncc2c(-c3cccc(NC(=O)Nc4cccc(C(F)(F)F)c4)c3)cncc21. The molecule has 0 fully saturated rings. The van der Waals surface area contributed by atoms with Crippen LogP contribution in [-0.4, -0.2) is 20.8 Å². The topological polar surface area (TPSA) is 71.8 Å². The summed E-state index contributed by atoms with van der Waals surface area (Å²) in [6.07, 6.45) is 0.693. The maximum Gasteiger partial charge on any atom is 0.416 e. The van der Waals surface area contributed by atoms with E-state index in [4.69, 9.17) is 0 Å². The molecule has 0 atom stereocenters. The Morgan fingerprint density at radius 3 is 2.40 bits per heavy atom. The highest BCUT2D eigenvalue weighted by atomic mass is 19.4. The lowest BCUT2D eigenvalue weighted by atomic mass is 10.0. The molecule has 9 heteroatoms. The molecule has 2 N–H and O–H groups in total. The van der Waals surface area contributed by atoms with Crippen molar-refractivity contribution >= 4 is 28.3 Å². The molecule has 6 nitrogen and oxygen atoms in total. The van der Waals surface area contributed by atoms with Gasteiger partial charge in [-0.1, -0.05) is 18.2 Å². The van der Waals surface area contributed by atoms with E-state index in [1.807, 2.05) is 13.1 Å². The number of aryl methyl sites for hydroxylation is 1. The van der Waals surface area contributed by atoms with Crippen molar-refractivity contribution in [3.05, 3.63) is 72.7 Å². The minimum Gasteiger partial charge on any atom is -0.308 e. The smallest absolute Gasteiger partial charge is 0.308 e. The Morgan fingerprint density at radius 2 is 1.67 bits per heavy atom. The fourth-order valence-corrected chi connectivity index (χ4v) is 3.12. The fraction of sp³-hybridized carbons (Fsp3) is 0.0952. The van der Waals surface area contributed by atoms with Crippen LogP contribution in [0.4, 0.5) is 29.3 Å². The highest BCUT2D eigenvalue weighted by molar-refractivity contribution is 6.01. The predicted molar refractivity (Wildman–Crippen MR) is 108 cm³/mol. The van der Waals surface area contributed by atoms with Gasteiger partial charge in [-0.15, -0.1) is 0 Å². The number of aromatic nitrogens is 3. The zero-order valence-corrected chi connectivity index (χ0v) is 15.7. The van der Waals surface area contributed by atoms with Gasteiger partial charge >= 0.3 is 12.2 Å². The summed E-state index contributed by atoms with van der Waals surface area (Å²) in [5, 5.41) is 10.2. The number of fused-ring (bicyclic) bond motifs is 1. The maximum atomic E-state index is 12.8. The van der Waals surface area contributed by atoms with Crippen LogP contribution in [0.5, 0.6) is 0 Å². The van der Waals surface area contributed by atoms with Gasteiger partial charge in [-0.25, -0.2) is 4.79 Å². The van der Waals surface area contributed by atoms with E-state index in [9.17, 15) is 18.0 Å². The standard InChI is InChI=1S/C21H16F3N5O/c1-29-19-12-25-10-17(18(19)11-26-29)13-4-2-6-15(8-13)27-20(30)28-16-7-3-5-14(9-16)21(22,23)24/h2-12H,1H3,(H2,27,28,30). The number of halogens is 3. The van der Waals surface area contributed by atoms with E-state index in [2.05, 4.69) is 20.7 Å². The summed E-state index contributed by atoms with van der Waals surface area (Å²) in [6.45, 7) is 0. The Labute approximate surface area is 169 Å². The van der Waals surface area contributed by atoms with Crippen molar-refractivity contribution in [1.82, 2.24) is 14.8 Å². The van der Waals surface area contributed by atoms with Crippen LogP contribution in [0.3, 0.4) is 0 Å². The molecule has 30 heavy (non-hydrogen) atoms. The number of carbonyl (C=O) groups excluding carboxylic acids is 1. The number of alkyl halides is 3. The summed E-state index contributed by atoms with van der Waals surface area (Å²) in [6, 6.07) is 10.9. The Kier molecular flexibility index (Phi) is 4.86. The first-order valence-corrected chi connectivity index (χ1v) is 8.93. The molecule has 4 aromatic rings. The third-order valence-corrected chi connectivity index (χ3v) is 4.55. The zero-order chi connectivity index (χ0) is 21.3. The van der Waals surface area contributed by atoms with Gasteiger partial charge in [-0.3, -0.25) is 9.67 Å². The van der Waals surface area contributed by atoms with Crippen LogP contribution in [0, 0.1) is 0 Å². The average molecular weight is 411 g/mol.